The third-order valence-corrected chi connectivity index (χ3v) is 6.72. The fourth-order valence-electron chi connectivity index (χ4n) is 4.95. The fourth-order valence-corrected chi connectivity index (χ4v) is 4.95. The molecule has 2 aliphatic heterocycles. The molecule has 2 heterocycles. The van der Waals surface area contributed by atoms with E-state index in [2.05, 4.69) is 4.90 Å². The molecule has 0 unspecified atom stereocenters. The molecule has 0 aromatic heterocycles. The van der Waals surface area contributed by atoms with Crippen molar-refractivity contribution in [1.29, 1.82) is 0 Å². The van der Waals surface area contributed by atoms with Crippen LogP contribution in [-0.2, 0) is 11.3 Å². The third-order valence-electron chi connectivity index (χ3n) is 6.72. The number of carbonyl (C=O) groups excluding carboxylic acids is 2. The number of amides is 2. The van der Waals surface area contributed by atoms with Gasteiger partial charge in [-0.25, -0.2) is 0 Å². The van der Waals surface area contributed by atoms with Crippen LogP contribution in [0.2, 0.25) is 0 Å². The van der Waals surface area contributed by atoms with Crippen LogP contribution >= 0.6 is 0 Å². The van der Waals surface area contributed by atoms with Gasteiger partial charge in [0, 0.05) is 30.0 Å². The highest BCUT2D eigenvalue weighted by atomic mass is 16.2. The van der Waals surface area contributed by atoms with Gasteiger partial charge >= 0.3 is 0 Å². The predicted molar refractivity (Wildman–Crippen MR) is 130 cm³/mol. The number of para-hydroxylation sites is 2. The minimum atomic E-state index is 0.0796. The lowest BCUT2D eigenvalue weighted by Gasteiger charge is -2.34. The van der Waals surface area contributed by atoms with E-state index < -0.39 is 0 Å². The zero-order chi connectivity index (χ0) is 22.6. The monoisotopic (exact) mass is 439 g/mol. The van der Waals surface area contributed by atoms with Gasteiger partial charge in [0.25, 0.3) is 5.91 Å². The van der Waals surface area contributed by atoms with E-state index in [1.807, 2.05) is 94.7 Å². The minimum absolute atomic E-state index is 0.0796. The van der Waals surface area contributed by atoms with Crippen molar-refractivity contribution in [1.82, 2.24) is 9.80 Å². The summed E-state index contributed by atoms with van der Waals surface area (Å²) in [5.41, 5.74) is 3.75. The van der Waals surface area contributed by atoms with Gasteiger partial charge in [-0.3, -0.25) is 19.4 Å². The fraction of sp³-hybridized carbons (Fsp3) is 0.286. The number of anilines is 2. The second kappa shape index (κ2) is 9.59. The molecule has 0 aliphatic carbocycles. The molecule has 2 amide bonds. The van der Waals surface area contributed by atoms with Crippen molar-refractivity contribution in [2.75, 3.05) is 31.1 Å². The first-order valence-corrected chi connectivity index (χ1v) is 11.7. The van der Waals surface area contributed by atoms with Gasteiger partial charge in [0.2, 0.25) is 5.91 Å². The standard InChI is InChI=1S/C28H29N3O2/c32-27(31(24-10-3-1-4-11-24)25-12-5-2-6-13-25)21-29-17-15-22(16-18-29)19-30-20-23-9-7-8-14-26(23)28(30)33/h1-14,22H,15-21H2. The minimum Gasteiger partial charge on any atom is -0.334 e. The van der Waals surface area contributed by atoms with Gasteiger partial charge in [-0.1, -0.05) is 54.6 Å². The second-order valence-corrected chi connectivity index (χ2v) is 8.96. The molecule has 33 heavy (non-hydrogen) atoms. The van der Waals surface area contributed by atoms with Gasteiger partial charge < -0.3 is 4.90 Å². The summed E-state index contributed by atoms with van der Waals surface area (Å²) in [6.45, 7) is 3.67. The van der Waals surface area contributed by atoms with Crippen LogP contribution < -0.4 is 4.90 Å². The number of likely N-dealkylation sites (tertiary alicyclic amines) is 1. The van der Waals surface area contributed by atoms with Crippen molar-refractivity contribution in [3.8, 4) is 0 Å². The van der Waals surface area contributed by atoms with E-state index in [-0.39, 0.29) is 11.8 Å². The molecule has 5 nitrogen and oxygen atoms in total. The Hall–Kier alpha value is -3.44. The highest BCUT2D eigenvalue weighted by Crippen LogP contribution is 2.28. The molecule has 168 valence electrons. The summed E-state index contributed by atoms with van der Waals surface area (Å²) in [7, 11) is 0. The van der Waals surface area contributed by atoms with Crippen molar-refractivity contribution in [2.24, 2.45) is 5.92 Å². The zero-order valence-electron chi connectivity index (χ0n) is 18.8. The molecule has 0 radical (unpaired) electrons. The van der Waals surface area contributed by atoms with Crippen molar-refractivity contribution in [2.45, 2.75) is 19.4 Å². The topological polar surface area (TPSA) is 43.9 Å². The summed E-state index contributed by atoms with van der Waals surface area (Å²) < 4.78 is 0. The number of fused-ring (bicyclic) bond motifs is 1. The highest BCUT2D eigenvalue weighted by Gasteiger charge is 2.31. The number of rotatable bonds is 6. The van der Waals surface area contributed by atoms with Gasteiger partial charge in [0.1, 0.15) is 0 Å². The van der Waals surface area contributed by atoms with E-state index in [9.17, 15) is 9.59 Å². The SMILES string of the molecule is O=C1c2ccccc2CN1CC1CCN(CC(=O)N(c2ccccc2)c2ccccc2)CC1. The first-order chi connectivity index (χ1) is 16.2. The summed E-state index contributed by atoms with van der Waals surface area (Å²) in [5.74, 6) is 0.717. The molecule has 0 bridgehead atoms. The van der Waals surface area contributed by atoms with E-state index in [0.29, 0.717) is 12.5 Å². The van der Waals surface area contributed by atoms with Crippen molar-refractivity contribution in [3.63, 3.8) is 0 Å². The zero-order valence-corrected chi connectivity index (χ0v) is 18.8. The Morgan fingerprint density at radius 2 is 1.39 bits per heavy atom. The van der Waals surface area contributed by atoms with Gasteiger partial charge in [-0.05, 0) is 67.7 Å². The average molecular weight is 440 g/mol. The molecule has 0 atom stereocenters. The van der Waals surface area contributed by atoms with E-state index in [0.717, 1.165) is 61.5 Å². The van der Waals surface area contributed by atoms with Crippen molar-refractivity contribution >= 4 is 23.2 Å². The second-order valence-electron chi connectivity index (χ2n) is 8.96. The quantitative estimate of drug-likeness (QED) is 0.558. The molecule has 5 heteroatoms. The molecule has 1 fully saturated rings. The Morgan fingerprint density at radius 3 is 2.00 bits per heavy atom. The number of hydrogen-bond donors (Lipinski definition) is 0. The molecular formula is C28H29N3O2. The smallest absolute Gasteiger partial charge is 0.254 e. The van der Waals surface area contributed by atoms with Gasteiger partial charge in [0.15, 0.2) is 0 Å². The number of nitrogens with zero attached hydrogens (tertiary/aromatic N) is 3. The normalized spacial score (nSPS) is 16.6. The lowest BCUT2D eigenvalue weighted by molar-refractivity contribution is -0.119. The molecule has 5 rings (SSSR count). The lowest BCUT2D eigenvalue weighted by atomic mass is 9.96. The Labute approximate surface area is 195 Å². The maximum absolute atomic E-state index is 13.4. The molecule has 2 aliphatic rings. The maximum atomic E-state index is 13.4. The summed E-state index contributed by atoms with van der Waals surface area (Å²) in [4.78, 5) is 32.1. The van der Waals surface area contributed by atoms with Crippen LogP contribution in [0.3, 0.4) is 0 Å². The first-order valence-electron chi connectivity index (χ1n) is 11.7. The molecule has 0 N–H and O–H groups in total. The largest absolute Gasteiger partial charge is 0.334 e. The molecule has 3 aromatic rings. The molecular weight excluding hydrogens is 410 g/mol. The Balaban J connectivity index is 1.18. The third kappa shape index (κ3) is 4.69. The van der Waals surface area contributed by atoms with E-state index in [4.69, 9.17) is 0 Å². The number of carbonyl (C=O) groups is 2. The summed E-state index contributed by atoms with van der Waals surface area (Å²) in [5, 5.41) is 0. The van der Waals surface area contributed by atoms with E-state index in [1.54, 1.807) is 0 Å². The lowest BCUT2D eigenvalue weighted by Crippen LogP contribution is -2.43. The first kappa shape index (κ1) is 21.4. The Bertz CT molecular complexity index is 1070. The van der Waals surface area contributed by atoms with E-state index >= 15 is 0 Å². The summed E-state index contributed by atoms with van der Waals surface area (Å²) in [6.07, 6.45) is 2.01. The number of benzene rings is 3. The van der Waals surface area contributed by atoms with Gasteiger partial charge in [-0.2, -0.15) is 0 Å². The number of piperidine rings is 1. The summed E-state index contributed by atoms with van der Waals surface area (Å²) >= 11 is 0. The van der Waals surface area contributed by atoms with Crippen LogP contribution in [0.25, 0.3) is 0 Å². The van der Waals surface area contributed by atoms with Crippen LogP contribution in [-0.4, -0.2) is 47.8 Å². The molecule has 3 aromatic carbocycles. The maximum Gasteiger partial charge on any atom is 0.254 e. The van der Waals surface area contributed by atoms with Crippen LogP contribution in [0.15, 0.2) is 84.9 Å². The van der Waals surface area contributed by atoms with Crippen molar-refractivity contribution in [3.05, 3.63) is 96.1 Å². The molecule has 0 saturated carbocycles. The van der Waals surface area contributed by atoms with Crippen LogP contribution in [0.5, 0.6) is 0 Å². The van der Waals surface area contributed by atoms with Crippen LogP contribution in [0.4, 0.5) is 11.4 Å². The molecule has 1 saturated heterocycles. The van der Waals surface area contributed by atoms with E-state index in [1.165, 1.54) is 0 Å². The van der Waals surface area contributed by atoms with Gasteiger partial charge in [0.05, 0.1) is 6.54 Å². The number of hydrogen-bond acceptors (Lipinski definition) is 3. The van der Waals surface area contributed by atoms with Gasteiger partial charge in [-0.15, -0.1) is 0 Å². The van der Waals surface area contributed by atoms with Crippen molar-refractivity contribution < 1.29 is 9.59 Å². The predicted octanol–water partition coefficient (Wildman–Crippen LogP) is 4.72. The van der Waals surface area contributed by atoms with Crippen LogP contribution in [0.1, 0.15) is 28.8 Å². The molecule has 0 spiro atoms. The average Bonchev–Trinajstić information content (AvgIpc) is 3.17. The highest BCUT2D eigenvalue weighted by molar-refractivity contribution is 6.01. The van der Waals surface area contributed by atoms with Crippen LogP contribution in [0, 0.1) is 5.92 Å². The Morgan fingerprint density at radius 1 is 0.818 bits per heavy atom. The summed E-state index contributed by atoms with van der Waals surface area (Å²) in [6, 6.07) is 27.6. The Kier molecular flexibility index (Phi) is 6.22.